The number of rotatable bonds is 4. The van der Waals surface area contributed by atoms with Crippen molar-refractivity contribution in [2.45, 2.75) is 57.8 Å². The average Bonchev–Trinajstić information content (AvgIpc) is 2.87. The van der Waals surface area contributed by atoms with Crippen LogP contribution in [-0.4, -0.2) is 27.7 Å². The first-order chi connectivity index (χ1) is 12.7. The maximum Gasteiger partial charge on any atom is 0.416 e. The van der Waals surface area contributed by atoms with Crippen molar-refractivity contribution in [2.24, 2.45) is 5.92 Å². The standard InChI is InChI=1S/C20H22F3NO3/c1-12(25)16-17(14-5-3-2-4-6-14)24(19(27)18(16)26)11-13-7-9-15(10-8-13)20(21,22)23/h7-10,14,17,26H,2-6,11H2,1H3. The highest BCUT2D eigenvalue weighted by molar-refractivity contribution is 6.07. The monoisotopic (exact) mass is 381 g/mol. The largest absolute Gasteiger partial charge is 0.503 e. The molecule has 7 heteroatoms. The van der Waals surface area contributed by atoms with Crippen LogP contribution in [0.1, 0.15) is 50.2 Å². The van der Waals surface area contributed by atoms with Crippen LogP contribution in [-0.2, 0) is 22.3 Å². The van der Waals surface area contributed by atoms with Gasteiger partial charge in [0.15, 0.2) is 11.5 Å². The van der Waals surface area contributed by atoms with Gasteiger partial charge in [-0.15, -0.1) is 0 Å². The molecule has 1 unspecified atom stereocenters. The smallest absolute Gasteiger partial charge is 0.416 e. The summed E-state index contributed by atoms with van der Waals surface area (Å²) in [6, 6.07) is 4.10. The Morgan fingerprint density at radius 3 is 2.26 bits per heavy atom. The number of nitrogens with zero attached hydrogens (tertiary/aromatic N) is 1. The molecular weight excluding hydrogens is 359 g/mol. The number of Topliss-reactive ketones (excluding diaryl/α,β-unsaturated/α-hetero) is 1. The Morgan fingerprint density at radius 2 is 1.74 bits per heavy atom. The summed E-state index contributed by atoms with van der Waals surface area (Å²) in [7, 11) is 0. The molecule has 1 heterocycles. The van der Waals surface area contributed by atoms with Crippen molar-refractivity contribution in [1.82, 2.24) is 4.90 Å². The summed E-state index contributed by atoms with van der Waals surface area (Å²) < 4.78 is 38.2. The molecule has 0 aromatic heterocycles. The van der Waals surface area contributed by atoms with Crippen LogP contribution in [0.25, 0.3) is 0 Å². The molecule has 0 spiro atoms. The lowest BCUT2D eigenvalue weighted by molar-refractivity contribution is -0.137. The minimum atomic E-state index is -4.42. The number of ketones is 1. The Hall–Kier alpha value is -2.31. The zero-order valence-corrected chi connectivity index (χ0v) is 15.1. The van der Waals surface area contributed by atoms with E-state index in [1.165, 1.54) is 24.0 Å². The van der Waals surface area contributed by atoms with Gasteiger partial charge in [-0.2, -0.15) is 13.2 Å². The van der Waals surface area contributed by atoms with E-state index < -0.39 is 29.4 Å². The van der Waals surface area contributed by atoms with Gasteiger partial charge in [-0.05, 0) is 43.4 Å². The van der Waals surface area contributed by atoms with E-state index in [0.29, 0.717) is 5.56 Å². The minimum absolute atomic E-state index is 0.0545. The highest BCUT2D eigenvalue weighted by atomic mass is 19.4. The SMILES string of the molecule is CC(=O)C1=C(O)C(=O)N(Cc2ccc(C(F)(F)F)cc2)C1C1CCCCC1. The molecule has 0 radical (unpaired) electrons. The first-order valence-electron chi connectivity index (χ1n) is 9.11. The molecule has 1 aromatic rings. The second-order valence-electron chi connectivity index (χ2n) is 7.29. The second kappa shape index (κ2) is 7.37. The van der Waals surface area contributed by atoms with Gasteiger partial charge in [-0.3, -0.25) is 9.59 Å². The lowest BCUT2D eigenvalue weighted by Crippen LogP contribution is -2.41. The lowest BCUT2D eigenvalue weighted by atomic mass is 9.80. The summed E-state index contributed by atoms with van der Waals surface area (Å²) in [6.45, 7) is 1.38. The number of carbonyl (C=O) groups is 2. The molecule has 146 valence electrons. The Kier molecular flexibility index (Phi) is 5.31. The third kappa shape index (κ3) is 3.87. The van der Waals surface area contributed by atoms with Crippen molar-refractivity contribution in [3.8, 4) is 0 Å². The van der Waals surface area contributed by atoms with Crippen molar-refractivity contribution in [2.75, 3.05) is 0 Å². The van der Waals surface area contributed by atoms with Crippen molar-refractivity contribution in [3.63, 3.8) is 0 Å². The van der Waals surface area contributed by atoms with Crippen LogP contribution in [0.2, 0.25) is 0 Å². The van der Waals surface area contributed by atoms with Crippen molar-refractivity contribution in [3.05, 3.63) is 46.7 Å². The van der Waals surface area contributed by atoms with Crippen LogP contribution in [0.15, 0.2) is 35.6 Å². The third-order valence-electron chi connectivity index (χ3n) is 5.46. The van der Waals surface area contributed by atoms with Crippen molar-refractivity contribution < 1.29 is 27.9 Å². The Balaban J connectivity index is 1.88. The highest BCUT2D eigenvalue weighted by Gasteiger charge is 2.45. The number of benzene rings is 1. The number of halogens is 3. The number of hydrogen-bond acceptors (Lipinski definition) is 3. The summed E-state index contributed by atoms with van der Waals surface area (Å²) >= 11 is 0. The maximum absolute atomic E-state index is 12.7. The second-order valence-corrected chi connectivity index (χ2v) is 7.29. The average molecular weight is 381 g/mol. The molecule has 0 saturated heterocycles. The summed E-state index contributed by atoms with van der Waals surface area (Å²) in [5, 5.41) is 10.2. The summed E-state index contributed by atoms with van der Waals surface area (Å²) in [5.41, 5.74) is -0.0956. The molecule has 2 aliphatic rings. The predicted octanol–water partition coefficient (Wildman–Crippen LogP) is 4.40. The Bertz CT molecular complexity index is 762. The molecule has 1 amide bonds. The normalized spacial score (nSPS) is 21.9. The van der Waals surface area contributed by atoms with Gasteiger partial charge in [-0.1, -0.05) is 31.4 Å². The number of amides is 1. The van der Waals surface area contributed by atoms with Crippen LogP contribution in [0.5, 0.6) is 0 Å². The van der Waals surface area contributed by atoms with Gasteiger partial charge in [0, 0.05) is 6.54 Å². The van der Waals surface area contributed by atoms with Crippen LogP contribution < -0.4 is 0 Å². The molecule has 1 N–H and O–H groups in total. The molecule has 4 nitrogen and oxygen atoms in total. The molecule has 1 aliphatic carbocycles. The summed E-state index contributed by atoms with van der Waals surface area (Å²) in [6.07, 6.45) is 0.372. The van der Waals surface area contributed by atoms with Crippen LogP contribution in [0, 0.1) is 5.92 Å². The quantitative estimate of drug-likeness (QED) is 0.841. The number of aliphatic hydroxyl groups is 1. The number of aliphatic hydroxyl groups excluding tert-OH is 1. The van der Waals surface area contributed by atoms with E-state index >= 15 is 0 Å². The highest BCUT2D eigenvalue weighted by Crippen LogP contribution is 2.38. The Labute approximate surface area is 155 Å². The number of hydrogen-bond donors (Lipinski definition) is 1. The van der Waals surface area contributed by atoms with Crippen molar-refractivity contribution in [1.29, 1.82) is 0 Å². The van der Waals surface area contributed by atoms with Crippen LogP contribution in [0.4, 0.5) is 13.2 Å². The fourth-order valence-corrected chi connectivity index (χ4v) is 4.15. The zero-order chi connectivity index (χ0) is 19.8. The fourth-order valence-electron chi connectivity index (χ4n) is 4.15. The van der Waals surface area contributed by atoms with E-state index in [1.54, 1.807) is 0 Å². The summed E-state index contributed by atoms with van der Waals surface area (Å²) in [4.78, 5) is 26.1. The molecular formula is C20H22F3NO3. The molecule has 1 aromatic carbocycles. The van der Waals surface area contributed by atoms with E-state index in [1.807, 2.05) is 0 Å². The maximum atomic E-state index is 12.7. The molecule has 1 fully saturated rings. The van der Waals surface area contributed by atoms with Gasteiger partial charge in [0.05, 0.1) is 17.2 Å². The first kappa shape index (κ1) is 19.5. The molecule has 1 aliphatic heterocycles. The van der Waals surface area contributed by atoms with Gasteiger partial charge in [0.2, 0.25) is 0 Å². The van der Waals surface area contributed by atoms with Gasteiger partial charge >= 0.3 is 6.18 Å². The van der Waals surface area contributed by atoms with E-state index in [9.17, 15) is 27.9 Å². The van der Waals surface area contributed by atoms with Gasteiger partial charge in [-0.25, -0.2) is 0 Å². The molecule has 1 saturated carbocycles. The summed E-state index contributed by atoms with van der Waals surface area (Å²) in [5.74, 6) is -1.42. The molecule has 3 rings (SSSR count). The lowest BCUT2D eigenvalue weighted by Gasteiger charge is -2.35. The van der Waals surface area contributed by atoms with Crippen molar-refractivity contribution >= 4 is 11.7 Å². The van der Waals surface area contributed by atoms with Crippen LogP contribution >= 0.6 is 0 Å². The predicted molar refractivity (Wildman–Crippen MR) is 92.7 cm³/mol. The van der Waals surface area contributed by atoms with Gasteiger partial charge in [0.25, 0.3) is 5.91 Å². The van der Waals surface area contributed by atoms with Gasteiger partial charge in [0.1, 0.15) is 0 Å². The third-order valence-corrected chi connectivity index (χ3v) is 5.46. The Morgan fingerprint density at radius 1 is 1.15 bits per heavy atom. The van der Waals surface area contributed by atoms with E-state index in [0.717, 1.165) is 44.2 Å². The minimum Gasteiger partial charge on any atom is -0.503 e. The number of alkyl halides is 3. The molecule has 27 heavy (non-hydrogen) atoms. The fraction of sp³-hybridized carbons (Fsp3) is 0.500. The zero-order valence-electron chi connectivity index (χ0n) is 15.1. The van der Waals surface area contributed by atoms with E-state index in [4.69, 9.17) is 0 Å². The van der Waals surface area contributed by atoms with E-state index in [2.05, 4.69) is 0 Å². The van der Waals surface area contributed by atoms with E-state index in [-0.39, 0.29) is 23.8 Å². The molecule has 0 bridgehead atoms. The van der Waals surface area contributed by atoms with Crippen LogP contribution in [0.3, 0.4) is 0 Å². The topological polar surface area (TPSA) is 57.6 Å². The van der Waals surface area contributed by atoms with Gasteiger partial charge < -0.3 is 10.0 Å². The first-order valence-corrected chi connectivity index (χ1v) is 9.11. The number of carbonyl (C=O) groups excluding carboxylic acids is 2. The molecule has 1 atom stereocenters.